The van der Waals surface area contributed by atoms with Gasteiger partial charge in [-0.1, -0.05) is 30.3 Å². The normalized spacial score (nSPS) is 35.5. The van der Waals surface area contributed by atoms with Gasteiger partial charge in [-0.2, -0.15) is 0 Å². The summed E-state index contributed by atoms with van der Waals surface area (Å²) in [5.41, 5.74) is 0.982. The summed E-state index contributed by atoms with van der Waals surface area (Å²) in [6.45, 7) is 0.654. The number of hydrogen-bond donors (Lipinski definition) is 3. The van der Waals surface area contributed by atoms with Crippen LogP contribution in [0.3, 0.4) is 0 Å². The highest BCUT2D eigenvalue weighted by atomic mass is 32.1. The van der Waals surface area contributed by atoms with Crippen molar-refractivity contribution in [1.82, 2.24) is 5.32 Å². The zero-order chi connectivity index (χ0) is 14.8. The molecule has 2 aliphatic heterocycles. The Morgan fingerprint density at radius 2 is 2.05 bits per heavy atom. The topological polar surface area (TPSA) is 80.2 Å². The van der Waals surface area contributed by atoms with Crippen molar-refractivity contribution in [1.29, 1.82) is 0 Å². The first-order valence-corrected chi connectivity index (χ1v) is 7.16. The molecule has 0 aliphatic carbocycles. The van der Waals surface area contributed by atoms with Crippen LogP contribution in [0, 0.1) is 0 Å². The van der Waals surface area contributed by atoms with Crippen molar-refractivity contribution in [3.8, 4) is 0 Å². The molecule has 7 heteroatoms. The molecule has 1 aromatic carbocycles. The summed E-state index contributed by atoms with van der Waals surface area (Å²) >= 11 is 4.92. The van der Waals surface area contributed by atoms with Crippen molar-refractivity contribution in [2.24, 2.45) is 0 Å². The van der Waals surface area contributed by atoms with E-state index in [4.69, 9.17) is 26.4 Å². The molecule has 3 rings (SSSR count). The minimum atomic E-state index is -1.27. The van der Waals surface area contributed by atoms with E-state index in [1.165, 1.54) is 0 Å². The number of hydrogen-bond acceptors (Lipinski definition) is 6. The van der Waals surface area contributed by atoms with Gasteiger partial charge in [0.05, 0.1) is 12.6 Å². The summed E-state index contributed by atoms with van der Waals surface area (Å²) in [5.74, 6) is 0. The molecule has 0 radical (unpaired) electrons. The van der Waals surface area contributed by atoms with Crippen LogP contribution in [0.25, 0.3) is 0 Å². The third-order valence-corrected chi connectivity index (χ3v) is 3.86. The molecule has 0 spiro atoms. The lowest BCUT2D eigenvalue weighted by Crippen LogP contribution is -2.46. The lowest BCUT2D eigenvalue weighted by Gasteiger charge is -2.24. The van der Waals surface area contributed by atoms with Crippen molar-refractivity contribution in [2.75, 3.05) is 6.61 Å². The molecule has 3 N–H and O–H groups in total. The Hall–Kier alpha value is -1.25. The molecule has 5 atom stereocenters. The Bertz CT molecular complexity index is 499. The molecular weight excluding hydrogens is 294 g/mol. The Kier molecular flexibility index (Phi) is 4.37. The van der Waals surface area contributed by atoms with E-state index in [2.05, 4.69) is 5.32 Å². The van der Waals surface area contributed by atoms with Gasteiger partial charge in [0, 0.05) is 0 Å². The van der Waals surface area contributed by atoms with Gasteiger partial charge >= 0.3 is 0 Å². The van der Waals surface area contributed by atoms with Crippen LogP contribution in [0.15, 0.2) is 30.3 Å². The Balaban J connectivity index is 1.66. The number of aliphatic hydroxyl groups excluding tert-OH is 2. The molecule has 1 unspecified atom stereocenters. The molecule has 2 saturated heterocycles. The molecule has 0 saturated carbocycles. The van der Waals surface area contributed by atoms with Crippen molar-refractivity contribution in [3.63, 3.8) is 0 Å². The molecule has 6 nitrogen and oxygen atoms in total. The van der Waals surface area contributed by atoms with E-state index in [9.17, 15) is 10.2 Å². The second-order valence-corrected chi connectivity index (χ2v) is 5.46. The van der Waals surface area contributed by atoms with Crippen LogP contribution in [0.4, 0.5) is 0 Å². The maximum Gasteiger partial charge on any atom is 0.257 e. The maximum absolute atomic E-state index is 10.0. The molecule has 21 heavy (non-hydrogen) atoms. The lowest BCUT2D eigenvalue weighted by molar-refractivity contribution is -0.131. The van der Waals surface area contributed by atoms with Gasteiger partial charge < -0.3 is 29.7 Å². The van der Waals surface area contributed by atoms with Gasteiger partial charge in [0.25, 0.3) is 5.17 Å². The zero-order valence-corrected chi connectivity index (χ0v) is 12.0. The second kappa shape index (κ2) is 6.25. The Labute approximate surface area is 127 Å². The summed E-state index contributed by atoms with van der Waals surface area (Å²) in [4.78, 5) is 0. The Morgan fingerprint density at radius 1 is 1.29 bits per heavy atom. The lowest BCUT2D eigenvalue weighted by atomic mass is 10.0. The van der Waals surface area contributed by atoms with E-state index >= 15 is 0 Å². The van der Waals surface area contributed by atoms with Gasteiger partial charge in [-0.15, -0.1) is 0 Å². The van der Waals surface area contributed by atoms with Gasteiger partial charge in [0.2, 0.25) is 0 Å². The van der Waals surface area contributed by atoms with Gasteiger partial charge in [-0.05, 0) is 17.8 Å². The Morgan fingerprint density at radius 3 is 2.71 bits per heavy atom. The van der Waals surface area contributed by atoms with Crippen molar-refractivity contribution in [3.05, 3.63) is 35.9 Å². The van der Waals surface area contributed by atoms with Crippen LogP contribution in [-0.2, 0) is 20.8 Å². The predicted molar refractivity (Wildman–Crippen MR) is 77.4 cm³/mol. The predicted octanol–water partition coefficient (Wildman–Crippen LogP) is -0.0768. The summed E-state index contributed by atoms with van der Waals surface area (Å²) < 4.78 is 16.3. The van der Waals surface area contributed by atoms with E-state index in [1.54, 1.807) is 0 Å². The minimum absolute atomic E-state index is 0.245. The number of aliphatic hydroxyl groups is 2. The number of benzene rings is 1. The van der Waals surface area contributed by atoms with Crippen molar-refractivity contribution < 1.29 is 24.4 Å². The van der Waals surface area contributed by atoms with Gasteiger partial charge in [0.1, 0.15) is 24.9 Å². The maximum atomic E-state index is 10.0. The summed E-state index contributed by atoms with van der Waals surface area (Å²) in [6.07, 6.45) is -3.55. The van der Waals surface area contributed by atoms with Gasteiger partial charge in [-0.3, -0.25) is 0 Å². The van der Waals surface area contributed by atoms with E-state index < -0.39 is 24.6 Å². The fourth-order valence-corrected chi connectivity index (χ4v) is 2.76. The summed E-state index contributed by atoms with van der Waals surface area (Å²) in [6, 6.07) is 9.36. The van der Waals surface area contributed by atoms with E-state index in [0.29, 0.717) is 18.4 Å². The van der Waals surface area contributed by atoms with Crippen LogP contribution < -0.4 is 5.32 Å². The third-order valence-electron chi connectivity index (χ3n) is 3.63. The third kappa shape index (κ3) is 3.17. The molecule has 0 bridgehead atoms. The number of rotatable bonds is 4. The standard InChI is InChI=1S/C14H17NO5S/c16-10-12(18-6-8-4-2-1-3-5-8)11(20-13(10)17)9-7-19-14(21)15-9/h1-5,9-13,16-17H,6-7H2,(H,15,21)/t9?,10-,11-,12-,13+/m1/s1. The number of ether oxygens (including phenoxy) is 3. The SMILES string of the molecule is O[C@@H]1[C@@H](OCc2ccccc2)[C@@H](C2COC(=S)N2)O[C@@H]1O. The first-order valence-electron chi connectivity index (χ1n) is 6.75. The van der Waals surface area contributed by atoms with E-state index in [-0.39, 0.29) is 6.04 Å². The summed E-state index contributed by atoms with van der Waals surface area (Å²) in [5, 5.41) is 23.0. The molecule has 1 aromatic rings. The number of nitrogens with one attached hydrogen (secondary N) is 1. The zero-order valence-electron chi connectivity index (χ0n) is 11.2. The van der Waals surface area contributed by atoms with Crippen LogP contribution >= 0.6 is 12.2 Å². The van der Waals surface area contributed by atoms with Crippen LogP contribution in [-0.4, -0.2) is 52.6 Å². The van der Waals surface area contributed by atoms with Crippen LogP contribution in [0.5, 0.6) is 0 Å². The average Bonchev–Trinajstić information content (AvgIpc) is 3.03. The first kappa shape index (κ1) is 14.7. The summed E-state index contributed by atoms with van der Waals surface area (Å²) in [7, 11) is 0. The molecular formula is C14H17NO5S. The second-order valence-electron chi connectivity index (χ2n) is 5.09. The highest BCUT2D eigenvalue weighted by Gasteiger charge is 2.49. The molecule has 2 aliphatic rings. The van der Waals surface area contributed by atoms with Gasteiger partial charge in [0.15, 0.2) is 6.29 Å². The molecule has 114 valence electrons. The minimum Gasteiger partial charge on any atom is -0.469 e. The highest BCUT2D eigenvalue weighted by Crippen LogP contribution is 2.27. The monoisotopic (exact) mass is 311 g/mol. The van der Waals surface area contributed by atoms with Crippen molar-refractivity contribution >= 4 is 17.4 Å². The van der Waals surface area contributed by atoms with Crippen LogP contribution in [0.1, 0.15) is 5.56 Å². The van der Waals surface area contributed by atoms with Crippen molar-refractivity contribution in [2.45, 2.75) is 37.3 Å². The first-order chi connectivity index (χ1) is 10.1. The smallest absolute Gasteiger partial charge is 0.257 e. The van der Waals surface area contributed by atoms with Crippen LogP contribution in [0.2, 0.25) is 0 Å². The molecule has 2 heterocycles. The largest absolute Gasteiger partial charge is 0.469 e. The molecule has 2 fully saturated rings. The number of thiocarbonyl (C=S) groups is 1. The fraction of sp³-hybridized carbons (Fsp3) is 0.500. The molecule has 0 aromatic heterocycles. The van der Waals surface area contributed by atoms with E-state index in [1.807, 2.05) is 30.3 Å². The molecule has 0 amide bonds. The van der Waals surface area contributed by atoms with E-state index in [0.717, 1.165) is 5.56 Å². The highest BCUT2D eigenvalue weighted by molar-refractivity contribution is 7.80. The fourth-order valence-electron chi connectivity index (χ4n) is 2.54. The average molecular weight is 311 g/mol. The quantitative estimate of drug-likeness (QED) is 0.671. The van der Waals surface area contributed by atoms with Gasteiger partial charge in [-0.25, -0.2) is 0 Å².